The van der Waals surface area contributed by atoms with Crippen LogP contribution in [-0.2, 0) is 13.0 Å². The van der Waals surface area contributed by atoms with Crippen LogP contribution in [0.3, 0.4) is 0 Å². The molecule has 1 aromatic heterocycles. The molecule has 1 atom stereocenters. The van der Waals surface area contributed by atoms with Gasteiger partial charge >= 0.3 is 0 Å². The number of nitrogens with zero attached hydrogens (tertiary/aromatic N) is 2. The summed E-state index contributed by atoms with van der Waals surface area (Å²) in [5.41, 5.74) is 2.42. The van der Waals surface area contributed by atoms with Crippen LogP contribution in [0.15, 0.2) is 71.3 Å². The molecule has 190 valence electrons. The number of benzene rings is 2. The normalized spacial score (nSPS) is 17.5. The maximum Gasteiger partial charge on any atom is 0.290 e. The van der Waals surface area contributed by atoms with E-state index in [1.54, 1.807) is 32.6 Å². The Morgan fingerprint density at radius 1 is 1.00 bits per heavy atom. The highest BCUT2D eigenvalue weighted by molar-refractivity contribution is 5.92. The Morgan fingerprint density at radius 3 is 2.42 bits per heavy atom. The predicted molar refractivity (Wildman–Crippen MR) is 139 cm³/mol. The third-order valence-electron chi connectivity index (χ3n) is 7.61. The van der Waals surface area contributed by atoms with Crippen molar-refractivity contribution in [2.45, 2.75) is 50.7 Å². The average molecular weight is 489 g/mol. The molecule has 2 aromatic carbocycles. The number of rotatable bonds is 10. The van der Waals surface area contributed by atoms with Crippen molar-refractivity contribution in [3.63, 3.8) is 0 Å². The van der Waals surface area contributed by atoms with Gasteiger partial charge in [-0.15, -0.1) is 0 Å². The Hall–Kier alpha value is -3.25. The van der Waals surface area contributed by atoms with Gasteiger partial charge in [-0.2, -0.15) is 0 Å². The SMILES string of the molecule is COc1ccc(OC)c(CN2CCC(C(Cc3ccccc3)N(C(=O)c3ccco3)C3CC3)CC2)c1. The molecule has 1 aliphatic carbocycles. The van der Waals surface area contributed by atoms with Crippen LogP contribution in [0.5, 0.6) is 11.5 Å². The molecule has 1 aliphatic heterocycles. The molecule has 5 rings (SSSR count). The van der Waals surface area contributed by atoms with Crippen LogP contribution >= 0.6 is 0 Å². The highest BCUT2D eigenvalue weighted by Gasteiger charge is 2.42. The lowest BCUT2D eigenvalue weighted by Gasteiger charge is -2.41. The van der Waals surface area contributed by atoms with E-state index < -0.39 is 0 Å². The minimum absolute atomic E-state index is 0.0342. The first kappa shape index (κ1) is 24.4. The summed E-state index contributed by atoms with van der Waals surface area (Å²) in [5.74, 6) is 2.66. The van der Waals surface area contributed by atoms with Gasteiger partial charge in [0.2, 0.25) is 0 Å². The Kier molecular flexibility index (Phi) is 7.61. The Bertz CT molecular complexity index is 1120. The van der Waals surface area contributed by atoms with Gasteiger partial charge in [-0.25, -0.2) is 0 Å². The molecule has 0 radical (unpaired) electrons. The number of amides is 1. The Balaban J connectivity index is 1.33. The Morgan fingerprint density at radius 2 is 1.78 bits per heavy atom. The van der Waals surface area contributed by atoms with E-state index in [-0.39, 0.29) is 11.9 Å². The largest absolute Gasteiger partial charge is 0.497 e. The summed E-state index contributed by atoms with van der Waals surface area (Å²) in [4.78, 5) is 18.2. The molecule has 0 N–H and O–H groups in total. The number of hydrogen-bond donors (Lipinski definition) is 0. The van der Waals surface area contributed by atoms with Crippen molar-refractivity contribution in [1.82, 2.24) is 9.80 Å². The van der Waals surface area contributed by atoms with Crippen molar-refractivity contribution in [2.24, 2.45) is 5.92 Å². The molecular weight excluding hydrogens is 452 g/mol. The maximum atomic E-state index is 13.6. The molecule has 6 nitrogen and oxygen atoms in total. The van der Waals surface area contributed by atoms with Gasteiger partial charge in [-0.1, -0.05) is 30.3 Å². The minimum atomic E-state index is 0.0342. The van der Waals surface area contributed by atoms with Gasteiger partial charge in [0.15, 0.2) is 5.76 Å². The topological polar surface area (TPSA) is 55.2 Å². The van der Waals surface area contributed by atoms with Crippen LogP contribution in [0.1, 0.15) is 47.4 Å². The summed E-state index contributed by atoms with van der Waals surface area (Å²) in [6, 6.07) is 20.6. The zero-order valence-electron chi connectivity index (χ0n) is 21.3. The van der Waals surface area contributed by atoms with E-state index in [1.165, 1.54) is 5.56 Å². The van der Waals surface area contributed by atoms with Crippen LogP contribution in [0.4, 0.5) is 0 Å². The number of hydrogen-bond acceptors (Lipinski definition) is 5. The van der Waals surface area contributed by atoms with Gasteiger partial charge in [0.1, 0.15) is 11.5 Å². The fraction of sp³-hybridized carbons (Fsp3) is 0.433. The molecule has 36 heavy (non-hydrogen) atoms. The summed E-state index contributed by atoms with van der Waals surface area (Å²) in [5, 5.41) is 0. The van der Waals surface area contributed by atoms with E-state index in [2.05, 4.69) is 46.2 Å². The molecule has 1 unspecified atom stereocenters. The van der Waals surface area contributed by atoms with Crippen molar-refractivity contribution in [1.29, 1.82) is 0 Å². The lowest BCUT2D eigenvalue weighted by Crippen LogP contribution is -2.50. The molecule has 6 heteroatoms. The van der Waals surface area contributed by atoms with Crippen LogP contribution in [0.25, 0.3) is 0 Å². The van der Waals surface area contributed by atoms with Crippen molar-refractivity contribution < 1.29 is 18.7 Å². The third kappa shape index (κ3) is 5.59. The number of furan rings is 1. The number of likely N-dealkylation sites (tertiary alicyclic amines) is 1. The fourth-order valence-electron chi connectivity index (χ4n) is 5.56. The van der Waals surface area contributed by atoms with Crippen LogP contribution < -0.4 is 9.47 Å². The van der Waals surface area contributed by atoms with Gasteiger partial charge in [0.05, 0.1) is 20.5 Å². The lowest BCUT2D eigenvalue weighted by molar-refractivity contribution is 0.0453. The Labute approximate surface area is 213 Å². The first-order chi connectivity index (χ1) is 17.7. The smallest absolute Gasteiger partial charge is 0.290 e. The summed E-state index contributed by atoms with van der Waals surface area (Å²) in [6.07, 6.45) is 6.73. The minimum Gasteiger partial charge on any atom is -0.497 e. The van der Waals surface area contributed by atoms with Crippen molar-refractivity contribution in [3.8, 4) is 11.5 Å². The highest BCUT2D eigenvalue weighted by Crippen LogP contribution is 2.37. The number of ether oxygens (including phenoxy) is 2. The zero-order chi connectivity index (χ0) is 24.9. The molecule has 1 saturated carbocycles. The molecule has 2 fully saturated rings. The van der Waals surface area contributed by atoms with E-state index in [1.807, 2.05) is 12.1 Å². The molecule has 0 spiro atoms. The van der Waals surface area contributed by atoms with Crippen molar-refractivity contribution in [3.05, 3.63) is 83.8 Å². The summed E-state index contributed by atoms with van der Waals surface area (Å²) in [6.45, 7) is 2.81. The predicted octanol–water partition coefficient (Wildman–Crippen LogP) is 5.42. The maximum absolute atomic E-state index is 13.6. The van der Waals surface area contributed by atoms with Gasteiger partial charge in [-0.3, -0.25) is 9.69 Å². The zero-order valence-corrected chi connectivity index (χ0v) is 21.3. The number of carbonyl (C=O) groups is 1. The number of carbonyl (C=O) groups excluding carboxylic acids is 1. The van der Waals surface area contributed by atoms with Gasteiger partial charge in [-0.05, 0) is 87.0 Å². The van der Waals surface area contributed by atoms with Gasteiger partial charge < -0.3 is 18.8 Å². The van der Waals surface area contributed by atoms with Crippen LogP contribution in [-0.4, -0.2) is 55.1 Å². The molecule has 3 aromatic rings. The van der Waals surface area contributed by atoms with E-state index in [0.717, 1.165) is 68.8 Å². The molecular formula is C30H36N2O4. The average Bonchev–Trinajstić information content (AvgIpc) is 3.60. The van der Waals surface area contributed by atoms with Gasteiger partial charge in [0.25, 0.3) is 5.91 Å². The van der Waals surface area contributed by atoms with Crippen LogP contribution in [0.2, 0.25) is 0 Å². The van der Waals surface area contributed by atoms with E-state index in [0.29, 0.717) is 17.7 Å². The van der Waals surface area contributed by atoms with Crippen molar-refractivity contribution in [2.75, 3.05) is 27.3 Å². The van der Waals surface area contributed by atoms with E-state index in [4.69, 9.17) is 13.9 Å². The number of piperidine rings is 1. The number of methoxy groups -OCH3 is 2. The lowest BCUT2D eigenvalue weighted by atomic mass is 9.84. The summed E-state index contributed by atoms with van der Waals surface area (Å²) < 4.78 is 16.6. The molecule has 1 amide bonds. The molecule has 2 heterocycles. The van der Waals surface area contributed by atoms with E-state index >= 15 is 0 Å². The third-order valence-corrected chi connectivity index (χ3v) is 7.61. The highest BCUT2D eigenvalue weighted by atomic mass is 16.5. The van der Waals surface area contributed by atoms with E-state index in [9.17, 15) is 4.79 Å². The van der Waals surface area contributed by atoms with Crippen LogP contribution in [0, 0.1) is 5.92 Å². The van der Waals surface area contributed by atoms with Crippen molar-refractivity contribution >= 4 is 5.91 Å². The molecule has 2 aliphatic rings. The summed E-state index contributed by atoms with van der Waals surface area (Å²) in [7, 11) is 3.41. The summed E-state index contributed by atoms with van der Waals surface area (Å²) >= 11 is 0. The monoisotopic (exact) mass is 488 g/mol. The standard InChI is InChI=1S/C30H36N2O4/c1-34-26-12-13-28(35-2)24(20-26)21-31-16-14-23(15-17-31)27(19-22-7-4-3-5-8-22)32(25-10-11-25)30(33)29-9-6-18-36-29/h3-9,12-13,18,20,23,25,27H,10-11,14-17,19,21H2,1-2H3. The molecule has 0 bridgehead atoms. The second-order valence-electron chi connectivity index (χ2n) is 9.97. The van der Waals surface area contributed by atoms with Gasteiger partial charge in [0, 0.05) is 24.2 Å². The first-order valence-electron chi connectivity index (χ1n) is 13.0. The second-order valence-corrected chi connectivity index (χ2v) is 9.97. The molecule has 1 saturated heterocycles. The second kappa shape index (κ2) is 11.2. The first-order valence-corrected chi connectivity index (χ1v) is 13.0. The quantitative estimate of drug-likeness (QED) is 0.381. The fourth-order valence-corrected chi connectivity index (χ4v) is 5.56.